The Hall–Kier alpha value is -2.11. The van der Waals surface area contributed by atoms with E-state index in [1.54, 1.807) is 0 Å². The summed E-state index contributed by atoms with van der Waals surface area (Å²) in [7, 11) is 0. The molecule has 1 saturated heterocycles. The van der Waals surface area contributed by atoms with Gasteiger partial charge >= 0.3 is 0 Å². The first kappa shape index (κ1) is 20.2. The number of imidazole rings is 1. The minimum Gasteiger partial charge on any atom is -0.349 e. The van der Waals surface area contributed by atoms with E-state index in [-0.39, 0.29) is 11.8 Å². The van der Waals surface area contributed by atoms with Crippen LogP contribution >= 0.6 is 0 Å². The number of aromatic nitrogens is 2. The fourth-order valence-electron chi connectivity index (χ4n) is 4.86. The van der Waals surface area contributed by atoms with Crippen molar-refractivity contribution in [2.45, 2.75) is 83.6 Å². The predicted octanol–water partition coefficient (Wildman–Crippen LogP) is 3.86. The van der Waals surface area contributed by atoms with E-state index in [4.69, 9.17) is 0 Å². The molecule has 1 aliphatic carbocycles. The van der Waals surface area contributed by atoms with Crippen LogP contribution in [0.2, 0.25) is 0 Å². The number of carbonyl (C=O) groups is 2. The highest BCUT2D eigenvalue weighted by atomic mass is 16.2. The number of hydrogen-bond acceptors (Lipinski definition) is 3. The summed E-state index contributed by atoms with van der Waals surface area (Å²) in [6.45, 7) is 3.04. The molecular weight excluding hydrogens is 364 g/mol. The SMILES string of the molecule is O=C(NCCC1=CCCCC1)c1nc(C(=O)N2CCCCCC2)c2n1CCCC2. The van der Waals surface area contributed by atoms with Crippen molar-refractivity contribution in [1.29, 1.82) is 0 Å². The molecule has 1 fully saturated rings. The second-order valence-electron chi connectivity index (χ2n) is 8.66. The molecule has 0 saturated carbocycles. The molecule has 0 atom stereocenters. The average Bonchev–Trinajstić information content (AvgIpc) is 2.93. The van der Waals surface area contributed by atoms with E-state index < -0.39 is 0 Å². The molecular formula is C23H34N4O2. The molecule has 0 aromatic carbocycles. The summed E-state index contributed by atoms with van der Waals surface area (Å²) in [4.78, 5) is 32.6. The van der Waals surface area contributed by atoms with E-state index in [2.05, 4.69) is 16.4 Å². The van der Waals surface area contributed by atoms with Gasteiger partial charge in [0.2, 0.25) is 0 Å². The zero-order valence-electron chi connectivity index (χ0n) is 17.5. The maximum atomic E-state index is 13.2. The Bertz CT molecular complexity index is 772. The highest BCUT2D eigenvalue weighted by Crippen LogP contribution is 2.24. The maximum Gasteiger partial charge on any atom is 0.287 e. The van der Waals surface area contributed by atoms with Crippen LogP contribution in [0.4, 0.5) is 0 Å². The lowest BCUT2D eigenvalue weighted by Crippen LogP contribution is -2.33. The van der Waals surface area contributed by atoms with E-state index in [1.807, 2.05) is 9.47 Å². The Morgan fingerprint density at radius 2 is 1.69 bits per heavy atom. The van der Waals surface area contributed by atoms with Crippen LogP contribution in [-0.4, -0.2) is 45.9 Å². The summed E-state index contributed by atoms with van der Waals surface area (Å²) in [6.07, 6.45) is 15.5. The lowest BCUT2D eigenvalue weighted by Gasteiger charge is -2.21. The zero-order chi connectivity index (χ0) is 20.1. The van der Waals surface area contributed by atoms with Crippen LogP contribution in [0.5, 0.6) is 0 Å². The van der Waals surface area contributed by atoms with Gasteiger partial charge in [-0.05, 0) is 64.2 Å². The van der Waals surface area contributed by atoms with Gasteiger partial charge in [-0.1, -0.05) is 24.5 Å². The van der Waals surface area contributed by atoms with Gasteiger partial charge in [-0.25, -0.2) is 4.98 Å². The van der Waals surface area contributed by atoms with Gasteiger partial charge in [-0.15, -0.1) is 0 Å². The molecule has 4 rings (SSSR count). The van der Waals surface area contributed by atoms with Crippen LogP contribution < -0.4 is 5.32 Å². The van der Waals surface area contributed by atoms with Crippen molar-refractivity contribution in [3.05, 3.63) is 28.9 Å². The third kappa shape index (κ3) is 4.73. The fourth-order valence-corrected chi connectivity index (χ4v) is 4.86. The van der Waals surface area contributed by atoms with Crippen molar-refractivity contribution in [2.24, 2.45) is 0 Å². The number of likely N-dealkylation sites (tertiary alicyclic amines) is 1. The van der Waals surface area contributed by atoms with Crippen molar-refractivity contribution in [3.8, 4) is 0 Å². The monoisotopic (exact) mass is 398 g/mol. The van der Waals surface area contributed by atoms with E-state index in [9.17, 15) is 9.59 Å². The first-order valence-electron chi connectivity index (χ1n) is 11.6. The molecule has 2 aliphatic heterocycles. The molecule has 0 radical (unpaired) electrons. The number of nitrogens with zero attached hydrogens (tertiary/aromatic N) is 3. The van der Waals surface area contributed by atoms with Crippen molar-refractivity contribution in [3.63, 3.8) is 0 Å². The van der Waals surface area contributed by atoms with Gasteiger partial charge in [0.1, 0.15) is 5.69 Å². The van der Waals surface area contributed by atoms with Gasteiger partial charge in [-0.3, -0.25) is 9.59 Å². The number of hydrogen-bond donors (Lipinski definition) is 1. The highest BCUT2D eigenvalue weighted by molar-refractivity contribution is 5.97. The van der Waals surface area contributed by atoms with E-state index >= 15 is 0 Å². The first-order valence-corrected chi connectivity index (χ1v) is 11.6. The van der Waals surface area contributed by atoms with E-state index in [1.165, 1.54) is 37.7 Å². The summed E-state index contributed by atoms with van der Waals surface area (Å²) >= 11 is 0. The van der Waals surface area contributed by atoms with Crippen LogP contribution in [0.25, 0.3) is 0 Å². The Morgan fingerprint density at radius 3 is 2.45 bits per heavy atom. The number of amides is 2. The smallest absolute Gasteiger partial charge is 0.287 e. The number of fused-ring (bicyclic) bond motifs is 1. The molecule has 1 aromatic heterocycles. The lowest BCUT2D eigenvalue weighted by molar-refractivity contribution is 0.0754. The van der Waals surface area contributed by atoms with Gasteiger partial charge < -0.3 is 14.8 Å². The minimum absolute atomic E-state index is 0.0176. The van der Waals surface area contributed by atoms with Crippen LogP contribution in [0.1, 0.15) is 97.4 Å². The van der Waals surface area contributed by atoms with Crippen molar-refractivity contribution in [1.82, 2.24) is 19.8 Å². The summed E-state index contributed by atoms with van der Waals surface area (Å²) in [5, 5.41) is 3.05. The highest BCUT2D eigenvalue weighted by Gasteiger charge is 2.30. The number of rotatable bonds is 5. The molecule has 3 heterocycles. The Kier molecular flexibility index (Phi) is 6.67. The number of carbonyl (C=O) groups excluding carboxylic acids is 2. The second-order valence-corrected chi connectivity index (χ2v) is 8.66. The van der Waals surface area contributed by atoms with Crippen molar-refractivity contribution in [2.75, 3.05) is 19.6 Å². The van der Waals surface area contributed by atoms with Crippen LogP contribution in [0, 0.1) is 0 Å². The molecule has 2 amide bonds. The molecule has 6 nitrogen and oxygen atoms in total. The largest absolute Gasteiger partial charge is 0.349 e. The average molecular weight is 399 g/mol. The van der Waals surface area contributed by atoms with Crippen LogP contribution in [0.3, 0.4) is 0 Å². The van der Waals surface area contributed by atoms with Gasteiger partial charge in [0.15, 0.2) is 5.82 Å². The molecule has 1 aromatic rings. The van der Waals surface area contributed by atoms with Crippen molar-refractivity contribution < 1.29 is 9.59 Å². The Morgan fingerprint density at radius 1 is 0.931 bits per heavy atom. The maximum absolute atomic E-state index is 13.2. The molecule has 1 N–H and O–H groups in total. The van der Waals surface area contributed by atoms with Gasteiger partial charge in [0.05, 0.1) is 5.69 Å². The van der Waals surface area contributed by atoms with Crippen LogP contribution in [-0.2, 0) is 13.0 Å². The number of nitrogens with one attached hydrogen (secondary N) is 1. The second kappa shape index (κ2) is 9.59. The molecule has 0 unspecified atom stereocenters. The third-order valence-electron chi connectivity index (χ3n) is 6.53. The molecule has 158 valence electrons. The van der Waals surface area contributed by atoms with Gasteiger partial charge in [-0.2, -0.15) is 0 Å². The predicted molar refractivity (Wildman–Crippen MR) is 113 cm³/mol. The third-order valence-corrected chi connectivity index (χ3v) is 6.53. The molecule has 0 bridgehead atoms. The van der Waals surface area contributed by atoms with Gasteiger partial charge in [0.25, 0.3) is 11.8 Å². The number of allylic oxidation sites excluding steroid dienone is 1. The fraction of sp³-hybridized carbons (Fsp3) is 0.696. The van der Waals surface area contributed by atoms with Gasteiger partial charge in [0, 0.05) is 26.2 Å². The summed E-state index contributed by atoms with van der Waals surface area (Å²) < 4.78 is 2.00. The minimum atomic E-state index is -0.139. The standard InChI is InChI=1S/C23H34N4O2/c28-22(24-14-13-18-10-4-3-5-11-18)21-25-20(19-12-6-9-17-27(19)21)23(29)26-15-7-1-2-8-16-26/h10H,1-9,11-17H2,(H,24,28). The molecule has 0 spiro atoms. The van der Waals surface area contributed by atoms with Crippen molar-refractivity contribution >= 4 is 11.8 Å². The first-order chi connectivity index (χ1) is 14.2. The van der Waals surface area contributed by atoms with E-state index in [0.29, 0.717) is 18.1 Å². The summed E-state index contributed by atoms with van der Waals surface area (Å²) in [5.41, 5.74) is 2.94. The quantitative estimate of drug-likeness (QED) is 0.766. The van der Waals surface area contributed by atoms with Crippen LogP contribution in [0.15, 0.2) is 11.6 Å². The summed E-state index contributed by atoms with van der Waals surface area (Å²) in [6, 6.07) is 0. The lowest BCUT2D eigenvalue weighted by atomic mass is 9.97. The molecule has 29 heavy (non-hydrogen) atoms. The summed E-state index contributed by atoms with van der Waals surface area (Å²) in [5.74, 6) is 0.305. The Labute approximate surface area is 173 Å². The Balaban J connectivity index is 1.47. The van der Waals surface area contributed by atoms with E-state index in [0.717, 1.165) is 70.3 Å². The zero-order valence-corrected chi connectivity index (χ0v) is 17.5. The normalized spacial score (nSPS) is 19.9. The topological polar surface area (TPSA) is 67.2 Å². The molecule has 6 heteroatoms. The molecule has 3 aliphatic rings.